The number of para-hydroxylation sites is 1. The second-order valence-electron chi connectivity index (χ2n) is 10.4. The summed E-state index contributed by atoms with van der Waals surface area (Å²) in [5.74, 6) is 2.90. The van der Waals surface area contributed by atoms with Crippen LogP contribution >= 0.6 is 0 Å². The first kappa shape index (κ1) is 23.2. The Hall–Kier alpha value is -4.20. The maximum absolute atomic E-state index is 13.5. The van der Waals surface area contributed by atoms with Gasteiger partial charge in [0.25, 0.3) is 0 Å². The van der Waals surface area contributed by atoms with Crippen LogP contribution in [0.3, 0.4) is 0 Å². The van der Waals surface area contributed by atoms with Crippen LogP contribution in [0.15, 0.2) is 66.2 Å². The zero-order valence-electron chi connectivity index (χ0n) is 21.3. The van der Waals surface area contributed by atoms with Crippen molar-refractivity contribution >= 4 is 11.4 Å². The van der Waals surface area contributed by atoms with E-state index >= 15 is 0 Å². The van der Waals surface area contributed by atoms with Crippen LogP contribution in [0.5, 0.6) is 17.4 Å². The molecule has 0 amide bonds. The monoisotopic (exact) mass is 496 g/mol. The Labute approximate surface area is 214 Å². The minimum atomic E-state index is -0.376. The van der Waals surface area contributed by atoms with E-state index in [0.717, 1.165) is 28.2 Å². The highest BCUT2D eigenvalue weighted by Crippen LogP contribution is 2.50. The summed E-state index contributed by atoms with van der Waals surface area (Å²) in [4.78, 5) is 23.0. The van der Waals surface area contributed by atoms with Gasteiger partial charge < -0.3 is 14.2 Å². The number of ether oxygens (including phenoxy) is 3. The molecule has 188 valence electrons. The van der Waals surface area contributed by atoms with Crippen molar-refractivity contribution in [2.24, 2.45) is 5.41 Å². The summed E-state index contributed by atoms with van der Waals surface area (Å²) in [6.07, 6.45) is 2.72. The SMILES string of the molecule is COc1ccc([C@H]2C3=C(CC(C)(C)CC3=O)Oc3ncn4nc(COc5ccccc5C)nc4c32)cc1. The molecule has 2 aliphatic rings. The molecule has 0 saturated heterocycles. The minimum absolute atomic E-state index is 0.0855. The third-order valence-corrected chi connectivity index (χ3v) is 7.01. The first-order chi connectivity index (χ1) is 17.8. The fourth-order valence-electron chi connectivity index (χ4n) is 5.24. The number of nitrogens with zero attached hydrogens (tertiary/aromatic N) is 4. The molecule has 0 N–H and O–H groups in total. The number of fused-ring (bicyclic) bond motifs is 3. The molecule has 0 unspecified atom stereocenters. The number of carbonyl (C=O) groups excluding carboxylic acids is 1. The van der Waals surface area contributed by atoms with Crippen LogP contribution in [0, 0.1) is 12.3 Å². The van der Waals surface area contributed by atoms with Gasteiger partial charge in [-0.05, 0) is 41.7 Å². The Kier molecular flexibility index (Phi) is 5.47. The summed E-state index contributed by atoms with van der Waals surface area (Å²) >= 11 is 0. The summed E-state index contributed by atoms with van der Waals surface area (Å²) in [6.45, 7) is 6.38. The molecule has 1 atom stereocenters. The summed E-state index contributed by atoms with van der Waals surface area (Å²) < 4.78 is 19.3. The lowest BCUT2D eigenvalue weighted by Crippen LogP contribution is -2.33. The second-order valence-corrected chi connectivity index (χ2v) is 10.4. The first-order valence-corrected chi connectivity index (χ1v) is 12.3. The van der Waals surface area contributed by atoms with Crippen molar-refractivity contribution in [3.05, 3.63) is 88.7 Å². The predicted molar refractivity (Wildman–Crippen MR) is 137 cm³/mol. The van der Waals surface area contributed by atoms with Crippen molar-refractivity contribution < 1.29 is 19.0 Å². The number of carbonyl (C=O) groups is 1. The predicted octanol–water partition coefficient (Wildman–Crippen LogP) is 5.19. The highest BCUT2D eigenvalue weighted by Gasteiger charge is 2.44. The molecule has 0 fully saturated rings. The van der Waals surface area contributed by atoms with E-state index in [4.69, 9.17) is 19.2 Å². The Bertz CT molecular complexity index is 1550. The smallest absolute Gasteiger partial charge is 0.228 e. The van der Waals surface area contributed by atoms with Gasteiger partial charge in [-0.25, -0.2) is 14.5 Å². The number of methoxy groups -OCH3 is 1. The standard InChI is InChI=1S/C29H28N4O4/c1-17-7-5-6-8-21(17)36-15-23-31-27-26-24(18-9-11-19(35-4)12-10-18)25-20(34)13-29(2,3)14-22(25)37-28(26)30-16-33(27)32-23/h5-12,16,24H,13-15H2,1-4H3/t24-/m0/s1. The fourth-order valence-corrected chi connectivity index (χ4v) is 5.24. The second kappa shape index (κ2) is 8.73. The van der Waals surface area contributed by atoms with Gasteiger partial charge in [-0.15, -0.1) is 5.10 Å². The molecule has 0 bridgehead atoms. The number of allylic oxidation sites excluding steroid dienone is 2. The maximum atomic E-state index is 13.5. The van der Waals surface area contributed by atoms with Crippen LogP contribution in [0.1, 0.15) is 55.1 Å². The molecule has 2 aromatic heterocycles. The van der Waals surface area contributed by atoms with Crippen molar-refractivity contribution in [2.75, 3.05) is 7.11 Å². The van der Waals surface area contributed by atoms with E-state index in [2.05, 4.69) is 23.9 Å². The van der Waals surface area contributed by atoms with Crippen LogP contribution < -0.4 is 14.2 Å². The van der Waals surface area contributed by atoms with E-state index in [-0.39, 0.29) is 23.7 Å². The zero-order valence-corrected chi connectivity index (χ0v) is 21.3. The van der Waals surface area contributed by atoms with Gasteiger partial charge in [0.1, 0.15) is 30.2 Å². The number of aromatic nitrogens is 4. The van der Waals surface area contributed by atoms with Crippen LogP contribution in [-0.2, 0) is 11.4 Å². The molecule has 1 aliphatic carbocycles. The van der Waals surface area contributed by atoms with E-state index in [1.54, 1.807) is 18.0 Å². The molecule has 6 rings (SSSR count). The number of aryl methyl sites for hydroxylation is 1. The van der Waals surface area contributed by atoms with Crippen molar-refractivity contribution in [3.8, 4) is 17.4 Å². The number of rotatable bonds is 5. The molecule has 37 heavy (non-hydrogen) atoms. The summed E-state index contributed by atoms with van der Waals surface area (Å²) in [6, 6.07) is 15.6. The Morgan fingerprint density at radius 3 is 2.65 bits per heavy atom. The minimum Gasteiger partial charge on any atom is -0.497 e. The maximum Gasteiger partial charge on any atom is 0.228 e. The molecular weight excluding hydrogens is 468 g/mol. The molecule has 2 aromatic carbocycles. The van der Waals surface area contributed by atoms with Gasteiger partial charge >= 0.3 is 0 Å². The molecule has 4 aromatic rings. The Morgan fingerprint density at radius 1 is 1.11 bits per heavy atom. The van der Waals surface area contributed by atoms with Crippen molar-refractivity contribution in [1.82, 2.24) is 19.6 Å². The Morgan fingerprint density at radius 2 is 1.89 bits per heavy atom. The average molecular weight is 497 g/mol. The number of hydrogen-bond donors (Lipinski definition) is 0. The molecule has 8 nitrogen and oxygen atoms in total. The third-order valence-electron chi connectivity index (χ3n) is 7.01. The molecule has 0 radical (unpaired) electrons. The van der Waals surface area contributed by atoms with Gasteiger partial charge in [-0.3, -0.25) is 4.79 Å². The van der Waals surface area contributed by atoms with E-state index in [0.29, 0.717) is 41.5 Å². The van der Waals surface area contributed by atoms with E-state index < -0.39 is 0 Å². The van der Waals surface area contributed by atoms with Gasteiger partial charge in [-0.1, -0.05) is 44.2 Å². The van der Waals surface area contributed by atoms with Crippen LogP contribution in [0.2, 0.25) is 0 Å². The molecule has 0 spiro atoms. The van der Waals surface area contributed by atoms with Crippen LogP contribution in [0.4, 0.5) is 0 Å². The third kappa shape index (κ3) is 4.12. The van der Waals surface area contributed by atoms with Crippen molar-refractivity contribution in [3.63, 3.8) is 0 Å². The van der Waals surface area contributed by atoms with Gasteiger partial charge in [0.05, 0.1) is 12.7 Å². The normalized spacial score (nSPS) is 18.3. The lowest BCUT2D eigenvalue weighted by atomic mass is 9.70. The van der Waals surface area contributed by atoms with E-state index in [1.165, 1.54) is 0 Å². The van der Waals surface area contributed by atoms with Gasteiger partial charge in [0.15, 0.2) is 17.3 Å². The lowest BCUT2D eigenvalue weighted by molar-refractivity contribution is -0.118. The number of benzene rings is 2. The van der Waals surface area contributed by atoms with Gasteiger partial charge in [0, 0.05) is 24.3 Å². The Balaban J connectivity index is 1.46. The molecule has 1 aliphatic heterocycles. The summed E-state index contributed by atoms with van der Waals surface area (Å²) in [7, 11) is 1.64. The summed E-state index contributed by atoms with van der Waals surface area (Å²) in [5, 5.41) is 4.61. The first-order valence-electron chi connectivity index (χ1n) is 12.3. The quantitative estimate of drug-likeness (QED) is 0.376. The lowest BCUT2D eigenvalue weighted by Gasteiger charge is -2.37. The number of Topliss-reactive ketones (excluding diaryl/α,β-unsaturated/α-hetero) is 1. The van der Waals surface area contributed by atoms with Crippen LogP contribution in [0.25, 0.3) is 5.65 Å². The van der Waals surface area contributed by atoms with Gasteiger partial charge in [0.2, 0.25) is 5.88 Å². The number of hydrogen-bond acceptors (Lipinski definition) is 7. The summed E-state index contributed by atoms with van der Waals surface area (Å²) in [5.41, 5.74) is 3.80. The molecule has 3 heterocycles. The van der Waals surface area contributed by atoms with E-state index in [9.17, 15) is 4.79 Å². The topological polar surface area (TPSA) is 87.8 Å². The highest BCUT2D eigenvalue weighted by atomic mass is 16.5. The van der Waals surface area contributed by atoms with Crippen LogP contribution in [-0.4, -0.2) is 32.5 Å². The highest BCUT2D eigenvalue weighted by molar-refractivity contribution is 6.00. The van der Waals surface area contributed by atoms with Gasteiger partial charge in [-0.2, -0.15) is 0 Å². The average Bonchev–Trinajstić information content (AvgIpc) is 3.30. The number of ketones is 1. The molecule has 8 heteroatoms. The van der Waals surface area contributed by atoms with Crippen molar-refractivity contribution in [2.45, 2.75) is 46.1 Å². The zero-order chi connectivity index (χ0) is 25.7. The molecule has 0 saturated carbocycles. The van der Waals surface area contributed by atoms with E-state index in [1.807, 2.05) is 55.5 Å². The fraction of sp³-hybridized carbons (Fsp3) is 0.310. The van der Waals surface area contributed by atoms with Crippen molar-refractivity contribution in [1.29, 1.82) is 0 Å². The molecular formula is C29H28N4O4. The largest absolute Gasteiger partial charge is 0.497 e.